The van der Waals surface area contributed by atoms with Gasteiger partial charge in [-0.1, -0.05) is 31.3 Å². The van der Waals surface area contributed by atoms with Crippen molar-refractivity contribution >= 4 is 27.8 Å². The van der Waals surface area contributed by atoms with Crippen molar-refractivity contribution < 1.29 is 13.5 Å². The molecule has 2 heterocycles. The SMILES string of the molecule is COc1cc(Cn2cccn2)cc2onc(NS(=O)CC3(C)CCCCC3)c12. The molecule has 1 N–H and O–H groups in total. The molecule has 0 bridgehead atoms. The molecule has 1 fully saturated rings. The Balaban J connectivity index is 1.55. The summed E-state index contributed by atoms with van der Waals surface area (Å²) in [6.07, 6.45) is 9.61. The summed E-state index contributed by atoms with van der Waals surface area (Å²) in [5.41, 5.74) is 1.72. The molecule has 2 aromatic heterocycles. The molecule has 0 saturated heterocycles. The molecule has 4 rings (SSSR count). The summed E-state index contributed by atoms with van der Waals surface area (Å²) in [7, 11) is 0.388. The van der Waals surface area contributed by atoms with Crippen molar-refractivity contribution in [1.29, 1.82) is 0 Å². The summed E-state index contributed by atoms with van der Waals surface area (Å²) >= 11 is 0. The number of fused-ring (bicyclic) bond motifs is 1. The van der Waals surface area contributed by atoms with Gasteiger partial charge in [0.15, 0.2) is 11.4 Å². The Morgan fingerprint density at radius 1 is 1.32 bits per heavy atom. The monoisotopic (exact) mass is 402 g/mol. The Kier molecular flexibility index (Phi) is 5.39. The molecule has 1 aliphatic rings. The number of ether oxygens (including phenoxy) is 1. The van der Waals surface area contributed by atoms with Crippen LogP contribution in [0.5, 0.6) is 5.75 Å². The summed E-state index contributed by atoms with van der Waals surface area (Å²) in [5, 5.41) is 9.06. The Labute approximate surface area is 167 Å². The van der Waals surface area contributed by atoms with Crippen LogP contribution in [0.2, 0.25) is 0 Å². The first kappa shape index (κ1) is 19.0. The lowest BCUT2D eigenvalue weighted by molar-refractivity contribution is 0.250. The largest absolute Gasteiger partial charge is 0.496 e. The van der Waals surface area contributed by atoms with Crippen LogP contribution in [0.1, 0.15) is 44.6 Å². The zero-order chi connectivity index (χ0) is 19.6. The van der Waals surface area contributed by atoms with Crippen molar-refractivity contribution in [2.45, 2.75) is 45.6 Å². The molecule has 1 atom stereocenters. The number of nitrogens with zero attached hydrogens (tertiary/aromatic N) is 3. The third-order valence-electron chi connectivity index (χ3n) is 5.47. The van der Waals surface area contributed by atoms with E-state index in [-0.39, 0.29) is 5.41 Å². The van der Waals surface area contributed by atoms with E-state index in [1.165, 1.54) is 19.3 Å². The highest BCUT2D eigenvalue weighted by molar-refractivity contribution is 7.86. The lowest BCUT2D eigenvalue weighted by Crippen LogP contribution is -2.29. The number of rotatable bonds is 7. The maximum absolute atomic E-state index is 12.8. The van der Waals surface area contributed by atoms with Crippen LogP contribution in [0.3, 0.4) is 0 Å². The smallest absolute Gasteiger partial charge is 0.192 e. The van der Waals surface area contributed by atoms with Crippen molar-refractivity contribution in [3.8, 4) is 5.75 Å². The van der Waals surface area contributed by atoms with Crippen LogP contribution < -0.4 is 9.46 Å². The second-order valence-electron chi connectivity index (χ2n) is 7.87. The first-order valence-corrected chi connectivity index (χ1v) is 11.0. The zero-order valence-electron chi connectivity index (χ0n) is 16.3. The minimum atomic E-state index is -1.23. The number of hydrogen-bond donors (Lipinski definition) is 1. The molecule has 1 aliphatic carbocycles. The van der Waals surface area contributed by atoms with Gasteiger partial charge in [0.2, 0.25) is 0 Å². The number of hydrogen-bond acceptors (Lipinski definition) is 5. The van der Waals surface area contributed by atoms with Crippen LogP contribution in [-0.2, 0) is 17.5 Å². The molecule has 0 amide bonds. The van der Waals surface area contributed by atoms with E-state index < -0.39 is 11.0 Å². The Bertz CT molecular complexity index is 961. The van der Waals surface area contributed by atoms with Gasteiger partial charge in [-0.15, -0.1) is 0 Å². The molecule has 1 unspecified atom stereocenters. The molecule has 1 aromatic carbocycles. The Morgan fingerprint density at radius 2 is 2.14 bits per heavy atom. The summed E-state index contributed by atoms with van der Waals surface area (Å²) in [6.45, 7) is 2.84. The highest BCUT2D eigenvalue weighted by Crippen LogP contribution is 2.38. The van der Waals surface area contributed by atoms with Crippen LogP contribution in [0.15, 0.2) is 35.1 Å². The molecule has 7 nitrogen and oxygen atoms in total. The van der Waals surface area contributed by atoms with Gasteiger partial charge in [0.05, 0.1) is 13.7 Å². The third kappa shape index (κ3) is 4.06. The molecule has 0 aliphatic heterocycles. The van der Waals surface area contributed by atoms with Crippen LogP contribution in [0.4, 0.5) is 5.82 Å². The van der Waals surface area contributed by atoms with E-state index in [1.54, 1.807) is 13.3 Å². The molecular weight excluding hydrogens is 376 g/mol. The second-order valence-corrected chi connectivity index (χ2v) is 9.05. The highest BCUT2D eigenvalue weighted by atomic mass is 32.2. The quantitative estimate of drug-likeness (QED) is 0.643. The number of nitrogens with one attached hydrogen (secondary N) is 1. The molecule has 0 spiro atoms. The number of aromatic nitrogens is 3. The summed E-state index contributed by atoms with van der Waals surface area (Å²) in [5.74, 6) is 1.72. The van der Waals surface area contributed by atoms with E-state index in [1.807, 2.05) is 29.1 Å². The highest BCUT2D eigenvalue weighted by Gasteiger charge is 2.29. The van der Waals surface area contributed by atoms with Crippen molar-refractivity contribution in [1.82, 2.24) is 14.9 Å². The van der Waals surface area contributed by atoms with Crippen molar-refractivity contribution in [2.24, 2.45) is 5.41 Å². The van der Waals surface area contributed by atoms with Crippen LogP contribution in [0.25, 0.3) is 11.0 Å². The van der Waals surface area contributed by atoms with E-state index in [2.05, 4.69) is 21.9 Å². The van der Waals surface area contributed by atoms with E-state index in [9.17, 15) is 4.21 Å². The van der Waals surface area contributed by atoms with Crippen LogP contribution in [-0.4, -0.2) is 32.0 Å². The van der Waals surface area contributed by atoms with Gasteiger partial charge in [0.25, 0.3) is 0 Å². The summed E-state index contributed by atoms with van der Waals surface area (Å²) < 4.78 is 28.7. The van der Waals surface area contributed by atoms with E-state index in [0.717, 1.165) is 18.4 Å². The second kappa shape index (κ2) is 7.95. The standard InChI is InChI=1S/C20H26N4O3S/c1-20(7-4-3-5-8-20)14-28(25)23-19-18-16(26-2)11-15(12-17(18)27-22-19)13-24-10-6-9-21-24/h6,9-12H,3-5,7-8,13-14H2,1-2H3,(H,22,23). The predicted molar refractivity (Wildman–Crippen MR) is 110 cm³/mol. The van der Waals surface area contributed by atoms with Gasteiger partial charge < -0.3 is 9.26 Å². The molecular formula is C20H26N4O3S. The van der Waals surface area contributed by atoms with E-state index in [0.29, 0.717) is 34.8 Å². The van der Waals surface area contributed by atoms with Gasteiger partial charge in [0, 0.05) is 18.1 Å². The van der Waals surface area contributed by atoms with Gasteiger partial charge in [-0.25, -0.2) is 4.21 Å². The predicted octanol–water partition coefficient (Wildman–Crippen LogP) is 4.13. The molecule has 1 saturated carbocycles. The summed E-state index contributed by atoms with van der Waals surface area (Å²) in [6, 6.07) is 5.75. The average molecular weight is 403 g/mol. The summed E-state index contributed by atoms with van der Waals surface area (Å²) in [4.78, 5) is 0. The van der Waals surface area contributed by atoms with Gasteiger partial charge in [0.1, 0.15) is 22.1 Å². The topological polar surface area (TPSA) is 82.2 Å². The van der Waals surface area contributed by atoms with Crippen LogP contribution in [0, 0.1) is 5.41 Å². The van der Waals surface area contributed by atoms with E-state index >= 15 is 0 Å². The molecule has 28 heavy (non-hydrogen) atoms. The third-order valence-corrected chi connectivity index (χ3v) is 6.85. The van der Waals surface area contributed by atoms with Gasteiger partial charge in [-0.3, -0.25) is 9.40 Å². The number of benzene rings is 1. The first-order chi connectivity index (χ1) is 13.6. The van der Waals surface area contributed by atoms with Gasteiger partial charge in [-0.2, -0.15) is 5.10 Å². The van der Waals surface area contributed by atoms with Crippen LogP contribution >= 0.6 is 0 Å². The minimum absolute atomic E-state index is 0.122. The minimum Gasteiger partial charge on any atom is -0.496 e. The van der Waals surface area contributed by atoms with Crippen molar-refractivity contribution in [3.63, 3.8) is 0 Å². The number of anilines is 1. The van der Waals surface area contributed by atoms with Gasteiger partial charge in [-0.05, 0) is 42.0 Å². The molecule has 0 radical (unpaired) electrons. The Morgan fingerprint density at radius 3 is 2.86 bits per heavy atom. The fourth-order valence-corrected chi connectivity index (χ4v) is 5.35. The lowest BCUT2D eigenvalue weighted by Gasteiger charge is -2.32. The maximum atomic E-state index is 12.8. The fraction of sp³-hybridized carbons (Fsp3) is 0.500. The average Bonchev–Trinajstić information content (AvgIpc) is 3.31. The lowest BCUT2D eigenvalue weighted by atomic mass is 9.77. The number of methoxy groups -OCH3 is 1. The van der Waals surface area contributed by atoms with Crippen molar-refractivity contribution in [3.05, 3.63) is 36.2 Å². The normalized spacial score (nSPS) is 17.5. The van der Waals surface area contributed by atoms with Crippen molar-refractivity contribution in [2.75, 3.05) is 17.6 Å². The maximum Gasteiger partial charge on any atom is 0.192 e. The molecule has 150 valence electrons. The fourth-order valence-electron chi connectivity index (χ4n) is 4.00. The Hall–Kier alpha value is -2.35. The molecule has 3 aromatic rings. The molecule has 8 heteroatoms. The van der Waals surface area contributed by atoms with E-state index in [4.69, 9.17) is 9.26 Å². The zero-order valence-corrected chi connectivity index (χ0v) is 17.1. The first-order valence-electron chi connectivity index (χ1n) is 9.65. The van der Waals surface area contributed by atoms with Gasteiger partial charge >= 0.3 is 0 Å².